The Hall–Kier alpha value is -6.03. The molecular formula is C46H28N2S. The summed E-state index contributed by atoms with van der Waals surface area (Å²) in [5.41, 5.74) is 5.72. The predicted molar refractivity (Wildman–Crippen MR) is 212 cm³/mol. The van der Waals surface area contributed by atoms with E-state index in [-0.39, 0.29) is 0 Å². The number of imidazole rings is 1. The summed E-state index contributed by atoms with van der Waals surface area (Å²) < 4.78 is 5.02. The summed E-state index contributed by atoms with van der Waals surface area (Å²) in [6, 6.07) is 55.7. The number of aromatic nitrogens is 2. The SMILES string of the molecule is Cc1ccc(-c2nc3cccc4c5ccccc5c5ccccc5c5ccccc5n2c34)c2sc3cc4c(ccc5ccccc54)cc3c12. The molecule has 0 radical (unpaired) electrons. The molecule has 0 N–H and O–H groups in total. The van der Waals surface area contributed by atoms with Gasteiger partial charge in [-0.1, -0.05) is 121 Å². The van der Waals surface area contributed by atoms with Crippen LogP contribution in [0.3, 0.4) is 0 Å². The van der Waals surface area contributed by atoms with Gasteiger partial charge in [0.2, 0.25) is 0 Å². The molecule has 8 aromatic carbocycles. The summed E-state index contributed by atoms with van der Waals surface area (Å²) in [5.74, 6) is 0.971. The summed E-state index contributed by atoms with van der Waals surface area (Å²) in [5, 5.41) is 15.1. The number of aryl methyl sites for hydroxylation is 1. The Morgan fingerprint density at radius 2 is 1.12 bits per heavy atom. The number of fused-ring (bicyclic) bond motifs is 13. The van der Waals surface area contributed by atoms with Gasteiger partial charge in [0.25, 0.3) is 0 Å². The average molecular weight is 641 g/mol. The number of nitrogens with zero attached hydrogens (tertiary/aromatic N) is 2. The van der Waals surface area contributed by atoms with Crippen molar-refractivity contribution in [2.75, 3.05) is 0 Å². The van der Waals surface area contributed by atoms with Crippen molar-refractivity contribution in [3.8, 4) is 11.4 Å². The topological polar surface area (TPSA) is 17.3 Å². The monoisotopic (exact) mass is 640 g/mol. The molecule has 49 heavy (non-hydrogen) atoms. The number of para-hydroxylation sites is 2. The molecular weight excluding hydrogens is 613 g/mol. The molecule has 0 amide bonds. The second-order valence-corrected chi connectivity index (χ2v) is 14.2. The lowest BCUT2D eigenvalue weighted by atomic mass is 9.98. The van der Waals surface area contributed by atoms with Gasteiger partial charge in [0, 0.05) is 36.5 Å². The first-order valence-corrected chi connectivity index (χ1v) is 17.6. The minimum Gasteiger partial charge on any atom is -0.291 e. The Kier molecular flexibility index (Phi) is 5.50. The standard InChI is InChI=1S/C46H28N2S/c1-27-21-24-37(45-43(27)39-25-29-23-22-28-11-2-3-12-30(28)38(29)26-42(39)49-45)46-47-40-19-10-18-36-34-16-7-5-14-32(34)31-13-4-6-15-33(31)35-17-8-9-20-41(35)48(46)44(36)40/h2-26H,1H3. The lowest BCUT2D eigenvalue weighted by Gasteiger charge is -2.08. The minimum atomic E-state index is 0.971. The first-order chi connectivity index (χ1) is 24.2. The van der Waals surface area contributed by atoms with E-state index in [9.17, 15) is 0 Å². The first kappa shape index (κ1) is 27.0. The smallest absolute Gasteiger partial charge is 0.147 e. The molecule has 3 heterocycles. The third-order valence-corrected chi connectivity index (χ3v) is 11.7. The Labute approximate surface area is 285 Å². The van der Waals surface area contributed by atoms with Crippen molar-refractivity contribution < 1.29 is 0 Å². The fourth-order valence-electron chi connectivity index (χ4n) is 8.28. The molecule has 11 rings (SSSR count). The highest BCUT2D eigenvalue weighted by Gasteiger charge is 2.20. The van der Waals surface area contributed by atoms with Crippen LogP contribution in [0.1, 0.15) is 5.56 Å². The van der Waals surface area contributed by atoms with Crippen LogP contribution in [-0.2, 0) is 0 Å². The molecule has 0 saturated heterocycles. The summed E-state index contributed by atoms with van der Waals surface area (Å²) in [4.78, 5) is 5.51. The Balaban J connectivity index is 1.36. The van der Waals surface area contributed by atoms with Crippen molar-refractivity contribution in [2.45, 2.75) is 6.92 Å². The lowest BCUT2D eigenvalue weighted by molar-refractivity contribution is 1.23. The van der Waals surface area contributed by atoms with Gasteiger partial charge in [0.05, 0.1) is 16.6 Å². The van der Waals surface area contributed by atoms with Crippen LogP contribution in [0.2, 0.25) is 0 Å². The molecule has 0 aliphatic carbocycles. The van der Waals surface area contributed by atoms with Crippen LogP contribution >= 0.6 is 11.3 Å². The van der Waals surface area contributed by atoms with Crippen LogP contribution in [0.5, 0.6) is 0 Å². The van der Waals surface area contributed by atoms with Crippen molar-refractivity contribution in [2.24, 2.45) is 0 Å². The fraction of sp³-hybridized carbons (Fsp3) is 0.0217. The third-order valence-electron chi connectivity index (χ3n) is 10.5. The number of rotatable bonds is 1. The molecule has 0 fully saturated rings. The van der Waals surface area contributed by atoms with E-state index in [1.807, 2.05) is 11.3 Å². The predicted octanol–water partition coefficient (Wildman–Crippen LogP) is 13.2. The zero-order chi connectivity index (χ0) is 32.2. The zero-order valence-electron chi connectivity index (χ0n) is 26.7. The molecule has 2 nitrogen and oxygen atoms in total. The van der Waals surface area contributed by atoms with Crippen LogP contribution in [0.4, 0.5) is 0 Å². The molecule has 0 spiro atoms. The van der Waals surface area contributed by atoms with Gasteiger partial charge < -0.3 is 0 Å². The van der Waals surface area contributed by atoms with Gasteiger partial charge in [-0.05, 0) is 85.9 Å². The largest absolute Gasteiger partial charge is 0.291 e. The van der Waals surface area contributed by atoms with Crippen LogP contribution < -0.4 is 0 Å². The molecule has 0 saturated carbocycles. The molecule has 228 valence electrons. The molecule has 0 aliphatic heterocycles. The maximum Gasteiger partial charge on any atom is 0.147 e. The molecule has 3 aromatic heterocycles. The van der Waals surface area contributed by atoms with Crippen molar-refractivity contribution in [3.63, 3.8) is 0 Å². The van der Waals surface area contributed by atoms with Crippen LogP contribution in [-0.4, -0.2) is 9.38 Å². The van der Waals surface area contributed by atoms with Gasteiger partial charge in [-0.15, -0.1) is 11.3 Å². The molecule has 11 aromatic rings. The van der Waals surface area contributed by atoms with Crippen LogP contribution in [0.15, 0.2) is 152 Å². The van der Waals surface area contributed by atoms with E-state index in [1.54, 1.807) is 0 Å². The number of benzene rings is 8. The molecule has 0 atom stereocenters. The first-order valence-electron chi connectivity index (χ1n) is 16.8. The van der Waals surface area contributed by atoms with Crippen molar-refractivity contribution in [1.82, 2.24) is 9.38 Å². The minimum absolute atomic E-state index is 0.971. The molecule has 3 heteroatoms. The quantitative estimate of drug-likeness (QED) is 0.163. The third kappa shape index (κ3) is 3.74. The Bertz CT molecular complexity index is 3240. The van der Waals surface area contributed by atoms with E-state index in [0.29, 0.717) is 0 Å². The maximum absolute atomic E-state index is 5.51. The summed E-state index contributed by atoms with van der Waals surface area (Å²) in [7, 11) is 0. The van der Waals surface area contributed by atoms with E-state index in [4.69, 9.17) is 4.98 Å². The number of hydrogen-bond acceptors (Lipinski definition) is 2. The molecule has 0 unspecified atom stereocenters. The fourth-order valence-corrected chi connectivity index (χ4v) is 9.59. The zero-order valence-corrected chi connectivity index (χ0v) is 27.6. The second kappa shape index (κ2) is 9.99. The van der Waals surface area contributed by atoms with Crippen LogP contribution in [0, 0.1) is 6.92 Å². The van der Waals surface area contributed by atoms with Gasteiger partial charge in [-0.25, -0.2) is 4.98 Å². The lowest BCUT2D eigenvalue weighted by Crippen LogP contribution is -1.92. The van der Waals surface area contributed by atoms with E-state index in [2.05, 4.69) is 163 Å². The van der Waals surface area contributed by atoms with Gasteiger partial charge in [-0.3, -0.25) is 4.40 Å². The van der Waals surface area contributed by atoms with Gasteiger partial charge in [0.1, 0.15) is 5.82 Å². The second-order valence-electron chi connectivity index (χ2n) is 13.1. The van der Waals surface area contributed by atoms with E-state index >= 15 is 0 Å². The highest BCUT2D eigenvalue weighted by atomic mass is 32.1. The number of hydrogen-bond donors (Lipinski definition) is 0. The highest BCUT2D eigenvalue weighted by Crippen LogP contribution is 2.45. The normalized spacial score (nSPS) is 12.2. The van der Waals surface area contributed by atoms with Crippen LogP contribution in [0.25, 0.3) is 102 Å². The molecule has 0 aliphatic rings. The number of thiophene rings is 1. The van der Waals surface area contributed by atoms with E-state index < -0.39 is 0 Å². The highest BCUT2D eigenvalue weighted by molar-refractivity contribution is 7.26. The van der Waals surface area contributed by atoms with Crippen molar-refractivity contribution >= 4 is 102 Å². The Morgan fingerprint density at radius 3 is 1.92 bits per heavy atom. The van der Waals surface area contributed by atoms with Gasteiger partial charge >= 0.3 is 0 Å². The Morgan fingerprint density at radius 1 is 0.490 bits per heavy atom. The summed E-state index contributed by atoms with van der Waals surface area (Å²) in [6.07, 6.45) is 0. The van der Waals surface area contributed by atoms with Crippen molar-refractivity contribution in [3.05, 3.63) is 157 Å². The van der Waals surface area contributed by atoms with E-state index in [0.717, 1.165) is 27.9 Å². The molecule has 0 bridgehead atoms. The van der Waals surface area contributed by atoms with E-state index in [1.165, 1.54) is 79.6 Å². The van der Waals surface area contributed by atoms with Crippen molar-refractivity contribution in [1.29, 1.82) is 0 Å². The summed E-state index contributed by atoms with van der Waals surface area (Å²) in [6.45, 7) is 2.25. The average Bonchev–Trinajstić information content (AvgIpc) is 3.74. The van der Waals surface area contributed by atoms with Gasteiger partial charge in [0.15, 0.2) is 0 Å². The van der Waals surface area contributed by atoms with Gasteiger partial charge in [-0.2, -0.15) is 0 Å². The summed E-state index contributed by atoms with van der Waals surface area (Å²) >= 11 is 1.89. The maximum atomic E-state index is 5.51.